The van der Waals surface area contributed by atoms with Gasteiger partial charge in [-0.25, -0.2) is 9.50 Å². The van der Waals surface area contributed by atoms with Crippen molar-refractivity contribution in [1.82, 2.24) is 19.5 Å². The number of nitrogens with zero attached hydrogens (tertiary/aromatic N) is 3. The lowest BCUT2D eigenvalue weighted by atomic mass is 10.1. The number of ether oxygens (including phenoxy) is 2. The van der Waals surface area contributed by atoms with Crippen molar-refractivity contribution in [2.24, 2.45) is 0 Å². The number of H-pyrrole nitrogens is 1. The second kappa shape index (κ2) is 6.51. The molecule has 3 aromatic rings. The number of hydrogen-bond donors (Lipinski definition) is 1. The molecule has 0 saturated heterocycles. The van der Waals surface area contributed by atoms with E-state index in [0.29, 0.717) is 34.9 Å². The van der Waals surface area contributed by atoms with Crippen LogP contribution in [-0.2, 0) is 11.2 Å². The van der Waals surface area contributed by atoms with E-state index >= 15 is 0 Å². The van der Waals surface area contributed by atoms with Gasteiger partial charge in [-0.3, -0.25) is 14.7 Å². The van der Waals surface area contributed by atoms with Gasteiger partial charge in [0.05, 0.1) is 18.2 Å². The molecule has 1 amide bonds. The van der Waals surface area contributed by atoms with Gasteiger partial charge in [-0.1, -0.05) is 18.2 Å². The first-order valence-electron chi connectivity index (χ1n) is 9.45. The van der Waals surface area contributed by atoms with Crippen LogP contribution in [0.2, 0.25) is 0 Å². The third-order valence-corrected chi connectivity index (χ3v) is 5.49. The van der Waals surface area contributed by atoms with Crippen molar-refractivity contribution >= 4 is 11.6 Å². The number of carbonyl (C=O) groups excluding carboxylic acids is 1. The summed E-state index contributed by atoms with van der Waals surface area (Å²) in [5, 5.41) is 3.12. The Morgan fingerprint density at radius 1 is 1.24 bits per heavy atom. The van der Waals surface area contributed by atoms with E-state index in [0.717, 1.165) is 11.3 Å². The maximum absolute atomic E-state index is 13.0. The summed E-state index contributed by atoms with van der Waals surface area (Å²) in [4.78, 5) is 31.8. The van der Waals surface area contributed by atoms with Crippen LogP contribution in [0, 0.1) is 13.8 Å². The summed E-state index contributed by atoms with van der Waals surface area (Å²) < 4.78 is 12.2. The van der Waals surface area contributed by atoms with Gasteiger partial charge in [-0.05, 0) is 31.5 Å². The molecule has 1 atom stereocenters. The van der Waals surface area contributed by atoms with Crippen LogP contribution in [0.5, 0.6) is 11.5 Å². The molecule has 2 aliphatic rings. The second-order valence-electron chi connectivity index (χ2n) is 7.32. The number of aryl methyl sites for hydroxylation is 1. The van der Waals surface area contributed by atoms with Crippen molar-refractivity contribution in [3.05, 3.63) is 69.3 Å². The van der Waals surface area contributed by atoms with Crippen LogP contribution in [0.25, 0.3) is 5.65 Å². The largest absolute Gasteiger partial charge is 0.454 e. The smallest absolute Gasteiger partial charge is 0.275 e. The molecule has 1 unspecified atom stereocenters. The number of carbonyl (C=O) groups is 1. The number of amides is 1. The van der Waals surface area contributed by atoms with Crippen LogP contribution < -0.4 is 15.0 Å². The van der Waals surface area contributed by atoms with Crippen LogP contribution in [0.3, 0.4) is 0 Å². The van der Waals surface area contributed by atoms with Gasteiger partial charge in [0, 0.05) is 23.9 Å². The number of fused-ring (bicyclic) bond motifs is 2. The normalized spacial score (nSPS) is 17.4. The lowest BCUT2D eigenvalue weighted by Gasteiger charge is -2.23. The molecule has 0 spiro atoms. The SMILES string of the molecule is Cc1nc2cc(C3C=CCN3C(=O)Cc3ccc4c(c3)OCO4)[nH]n2c(=O)c1C. The van der Waals surface area contributed by atoms with Crippen LogP contribution in [0.15, 0.2) is 41.2 Å². The average Bonchev–Trinajstić information content (AvgIpc) is 3.44. The lowest BCUT2D eigenvalue weighted by Crippen LogP contribution is -2.32. The fourth-order valence-electron chi connectivity index (χ4n) is 3.77. The van der Waals surface area contributed by atoms with Gasteiger partial charge >= 0.3 is 0 Å². The Labute approximate surface area is 166 Å². The first kappa shape index (κ1) is 17.5. The molecule has 2 aromatic heterocycles. The minimum Gasteiger partial charge on any atom is -0.454 e. The van der Waals surface area contributed by atoms with Crippen molar-refractivity contribution in [3.63, 3.8) is 0 Å². The summed E-state index contributed by atoms with van der Waals surface area (Å²) in [7, 11) is 0. The van der Waals surface area contributed by atoms with Crippen LogP contribution in [-0.4, -0.2) is 38.7 Å². The van der Waals surface area contributed by atoms with Crippen molar-refractivity contribution in [2.75, 3.05) is 13.3 Å². The lowest BCUT2D eigenvalue weighted by molar-refractivity contribution is -0.131. The highest BCUT2D eigenvalue weighted by Gasteiger charge is 2.28. The van der Waals surface area contributed by atoms with Crippen molar-refractivity contribution < 1.29 is 14.3 Å². The van der Waals surface area contributed by atoms with Gasteiger partial charge in [0.25, 0.3) is 5.56 Å². The molecule has 1 N–H and O–H groups in total. The number of benzene rings is 1. The monoisotopic (exact) mass is 392 g/mol. The van der Waals surface area contributed by atoms with E-state index in [1.54, 1.807) is 11.8 Å². The zero-order valence-corrected chi connectivity index (χ0v) is 16.1. The van der Waals surface area contributed by atoms with Crippen molar-refractivity contribution in [2.45, 2.75) is 26.3 Å². The summed E-state index contributed by atoms with van der Waals surface area (Å²) in [5.41, 5.74) is 3.36. The molecular formula is C21H20N4O4. The Bertz CT molecular complexity index is 1220. The Morgan fingerprint density at radius 2 is 2.07 bits per heavy atom. The van der Waals surface area contributed by atoms with Crippen LogP contribution >= 0.6 is 0 Å². The predicted molar refractivity (Wildman–Crippen MR) is 105 cm³/mol. The fourth-order valence-corrected chi connectivity index (χ4v) is 3.77. The Balaban J connectivity index is 1.42. The summed E-state index contributed by atoms with van der Waals surface area (Å²) in [6, 6.07) is 7.11. The number of aromatic nitrogens is 3. The third-order valence-electron chi connectivity index (χ3n) is 5.49. The second-order valence-corrected chi connectivity index (χ2v) is 7.32. The maximum Gasteiger partial charge on any atom is 0.275 e. The van der Waals surface area contributed by atoms with Gasteiger partial charge in [0.15, 0.2) is 17.1 Å². The van der Waals surface area contributed by atoms with Crippen molar-refractivity contribution in [1.29, 1.82) is 0 Å². The first-order valence-corrected chi connectivity index (χ1v) is 9.45. The molecule has 0 saturated carbocycles. The fraction of sp³-hybridized carbons (Fsp3) is 0.286. The molecule has 2 aliphatic heterocycles. The highest BCUT2D eigenvalue weighted by Crippen LogP contribution is 2.33. The topological polar surface area (TPSA) is 88.9 Å². The summed E-state index contributed by atoms with van der Waals surface area (Å²) >= 11 is 0. The Kier molecular flexibility index (Phi) is 3.94. The molecule has 148 valence electrons. The van der Waals surface area contributed by atoms with E-state index in [1.807, 2.05) is 43.3 Å². The summed E-state index contributed by atoms with van der Waals surface area (Å²) in [6.45, 7) is 4.30. The maximum atomic E-state index is 13.0. The van der Waals surface area contributed by atoms with Gasteiger partial charge in [0.2, 0.25) is 12.7 Å². The van der Waals surface area contributed by atoms with Gasteiger partial charge < -0.3 is 14.4 Å². The molecule has 29 heavy (non-hydrogen) atoms. The predicted octanol–water partition coefficient (Wildman–Crippen LogP) is 2.05. The highest BCUT2D eigenvalue weighted by atomic mass is 16.7. The number of rotatable bonds is 3. The zero-order chi connectivity index (χ0) is 20.1. The first-order chi connectivity index (χ1) is 14.0. The molecular weight excluding hydrogens is 372 g/mol. The standard InChI is InChI=1S/C21H20N4O4/c1-12-13(2)22-19-10-15(23-25(19)21(12)27)16-4-3-7-24(16)20(26)9-14-5-6-17-18(8-14)29-11-28-17/h3-6,8,10,16,23H,7,9,11H2,1-2H3. The third kappa shape index (κ3) is 2.88. The van der Waals surface area contributed by atoms with E-state index in [4.69, 9.17) is 9.47 Å². The summed E-state index contributed by atoms with van der Waals surface area (Å²) in [6.07, 6.45) is 4.18. The van der Waals surface area contributed by atoms with Gasteiger partial charge in [0.1, 0.15) is 0 Å². The van der Waals surface area contributed by atoms with Gasteiger partial charge in [-0.15, -0.1) is 0 Å². The van der Waals surface area contributed by atoms with Crippen LogP contribution in [0.1, 0.15) is 28.6 Å². The number of hydrogen-bond acceptors (Lipinski definition) is 5. The molecule has 4 heterocycles. The Morgan fingerprint density at radius 3 is 2.93 bits per heavy atom. The molecule has 8 heteroatoms. The minimum atomic E-state index is -0.266. The van der Waals surface area contributed by atoms with Crippen molar-refractivity contribution in [3.8, 4) is 11.5 Å². The minimum absolute atomic E-state index is 0.00908. The molecule has 0 bridgehead atoms. The quantitative estimate of drug-likeness (QED) is 0.689. The van der Waals surface area contributed by atoms with E-state index < -0.39 is 0 Å². The van der Waals surface area contributed by atoms with E-state index in [2.05, 4.69) is 10.1 Å². The Hall–Kier alpha value is -3.55. The molecule has 8 nitrogen and oxygen atoms in total. The average molecular weight is 392 g/mol. The van der Waals surface area contributed by atoms with E-state index in [1.165, 1.54) is 4.52 Å². The van der Waals surface area contributed by atoms with E-state index in [9.17, 15) is 9.59 Å². The number of nitrogens with one attached hydrogen (secondary N) is 1. The highest BCUT2D eigenvalue weighted by molar-refractivity contribution is 5.80. The number of aromatic amines is 1. The summed E-state index contributed by atoms with van der Waals surface area (Å²) in [5.74, 6) is 1.35. The zero-order valence-electron chi connectivity index (χ0n) is 16.1. The molecule has 0 aliphatic carbocycles. The molecule has 0 fully saturated rings. The van der Waals surface area contributed by atoms with Gasteiger partial charge in [-0.2, -0.15) is 0 Å². The molecule has 1 aromatic carbocycles. The van der Waals surface area contributed by atoms with E-state index in [-0.39, 0.29) is 30.7 Å². The molecule has 5 rings (SSSR count). The molecule has 0 radical (unpaired) electrons. The van der Waals surface area contributed by atoms with Crippen LogP contribution in [0.4, 0.5) is 0 Å².